The Morgan fingerprint density at radius 3 is 2.37 bits per heavy atom. The maximum Gasteiger partial charge on any atom is 0.418 e. The molecule has 0 atom stereocenters. The Balaban J connectivity index is 1.72. The monoisotopic (exact) mass is 501 g/mol. The van der Waals surface area contributed by atoms with E-state index in [0.29, 0.717) is 33.6 Å². The van der Waals surface area contributed by atoms with Gasteiger partial charge in [-0.25, -0.2) is 8.42 Å². The van der Waals surface area contributed by atoms with Crippen LogP contribution in [-0.2, 0) is 16.0 Å². The summed E-state index contributed by atoms with van der Waals surface area (Å²) < 4.78 is 71.4. The van der Waals surface area contributed by atoms with Crippen molar-refractivity contribution in [1.82, 2.24) is 4.98 Å². The van der Waals surface area contributed by atoms with Gasteiger partial charge in [-0.3, -0.25) is 4.98 Å². The number of nitrogens with zero attached hydrogens (tertiary/aromatic N) is 1. The van der Waals surface area contributed by atoms with E-state index in [2.05, 4.69) is 4.98 Å². The Bertz CT molecular complexity index is 1480. The second-order valence-electron chi connectivity index (χ2n) is 8.02. The first kappa shape index (κ1) is 24.7. The highest BCUT2D eigenvalue weighted by molar-refractivity contribution is 7.91. The molecule has 35 heavy (non-hydrogen) atoms. The lowest BCUT2D eigenvalue weighted by Crippen LogP contribution is -2.08. The number of aromatic nitrogens is 1. The van der Waals surface area contributed by atoms with E-state index in [4.69, 9.17) is 9.84 Å². The molecular weight excluding hydrogens is 479 g/mol. The summed E-state index contributed by atoms with van der Waals surface area (Å²) in [5, 5.41) is 9.31. The zero-order valence-corrected chi connectivity index (χ0v) is 19.5. The number of para-hydroxylation sites is 1. The predicted molar refractivity (Wildman–Crippen MR) is 127 cm³/mol. The topological polar surface area (TPSA) is 76.5 Å². The molecule has 3 aromatic carbocycles. The molecule has 0 bridgehead atoms. The van der Waals surface area contributed by atoms with Crippen LogP contribution in [0.25, 0.3) is 22.0 Å². The summed E-state index contributed by atoms with van der Waals surface area (Å²) in [6.07, 6.45) is -2.99. The van der Waals surface area contributed by atoms with Crippen molar-refractivity contribution in [2.75, 3.05) is 12.4 Å². The largest absolute Gasteiger partial charge is 0.457 e. The van der Waals surface area contributed by atoms with Crippen molar-refractivity contribution in [3.8, 4) is 22.6 Å². The van der Waals surface area contributed by atoms with Gasteiger partial charge in [0.15, 0.2) is 9.84 Å². The second-order valence-corrected chi connectivity index (χ2v) is 10.1. The Labute approximate surface area is 200 Å². The minimum absolute atomic E-state index is 0.0789. The summed E-state index contributed by atoms with van der Waals surface area (Å²) in [5.41, 5.74) is 1.01. The summed E-state index contributed by atoms with van der Waals surface area (Å²) in [6, 6.07) is 16.9. The summed E-state index contributed by atoms with van der Waals surface area (Å²) in [7, 11) is -3.57. The molecule has 1 aromatic heterocycles. The number of ether oxygens (including phenoxy) is 1. The summed E-state index contributed by atoms with van der Waals surface area (Å²) in [5.74, 6) is 0.503. The third kappa shape index (κ3) is 5.31. The van der Waals surface area contributed by atoms with E-state index < -0.39 is 21.6 Å². The molecule has 0 fully saturated rings. The van der Waals surface area contributed by atoms with Crippen LogP contribution in [-0.4, -0.2) is 30.9 Å². The number of fused-ring (bicyclic) bond motifs is 1. The minimum Gasteiger partial charge on any atom is -0.457 e. The van der Waals surface area contributed by atoms with E-state index >= 15 is 0 Å². The van der Waals surface area contributed by atoms with Gasteiger partial charge in [-0.05, 0) is 66.4 Å². The van der Waals surface area contributed by atoms with Crippen molar-refractivity contribution in [3.63, 3.8) is 0 Å². The highest BCUT2D eigenvalue weighted by Crippen LogP contribution is 2.39. The fraction of sp³-hybridized carbons (Fsp3) is 0.192. The van der Waals surface area contributed by atoms with Crippen LogP contribution in [0.5, 0.6) is 11.5 Å². The quantitative estimate of drug-likeness (QED) is 0.327. The number of pyridine rings is 1. The van der Waals surface area contributed by atoms with Crippen LogP contribution in [0.15, 0.2) is 77.8 Å². The molecule has 0 saturated heterocycles. The molecule has 4 rings (SSSR count). The Morgan fingerprint density at radius 1 is 0.971 bits per heavy atom. The smallest absolute Gasteiger partial charge is 0.418 e. The number of aryl methyl sites for hydroxylation is 1. The van der Waals surface area contributed by atoms with Gasteiger partial charge < -0.3 is 9.84 Å². The highest BCUT2D eigenvalue weighted by atomic mass is 32.2. The van der Waals surface area contributed by atoms with Crippen LogP contribution in [0.3, 0.4) is 0 Å². The number of halogens is 3. The third-order valence-corrected chi connectivity index (χ3v) is 7.28. The summed E-state index contributed by atoms with van der Waals surface area (Å²) >= 11 is 0. The number of rotatable bonds is 7. The van der Waals surface area contributed by atoms with Crippen LogP contribution < -0.4 is 4.74 Å². The zero-order valence-electron chi connectivity index (χ0n) is 18.7. The Morgan fingerprint density at radius 2 is 1.66 bits per heavy atom. The molecule has 5 nitrogen and oxygen atoms in total. The fourth-order valence-electron chi connectivity index (χ4n) is 3.89. The molecule has 0 aliphatic carbocycles. The predicted octanol–water partition coefficient (Wildman–Crippen LogP) is 6.18. The molecule has 0 radical (unpaired) electrons. The van der Waals surface area contributed by atoms with E-state index in [1.165, 1.54) is 24.4 Å². The van der Waals surface area contributed by atoms with Crippen LogP contribution in [0.1, 0.15) is 17.5 Å². The Kier molecular flexibility index (Phi) is 6.82. The van der Waals surface area contributed by atoms with E-state index in [1.807, 2.05) is 0 Å². The van der Waals surface area contributed by atoms with Gasteiger partial charge in [-0.2, -0.15) is 13.2 Å². The normalized spacial score (nSPS) is 12.1. The number of aliphatic hydroxyl groups is 1. The Hall–Kier alpha value is -3.43. The lowest BCUT2D eigenvalue weighted by Gasteiger charge is -2.15. The zero-order chi connectivity index (χ0) is 25.2. The van der Waals surface area contributed by atoms with Crippen molar-refractivity contribution in [3.05, 3.63) is 84.1 Å². The first-order chi connectivity index (χ1) is 16.6. The van der Waals surface area contributed by atoms with Crippen molar-refractivity contribution < 1.29 is 31.4 Å². The number of benzene rings is 3. The van der Waals surface area contributed by atoms with E-state index in [1.54, 1.807) is 49.4 Å². The summed E-state index contributed by atoms with van der Waals surface area (Å²) in [4.78, 5) is 4.13. The summed E-state index contributed by atoms with van der Waals surface area (Å²) in [6.45, 7) is 1.55. The van der Waals surface area contributed by atoms with Crippen molar-refractivity contribution in [1.29, 1.82) is 0 Å². The number of aliphatic hydroxyl groups excluding tert-OH is 1. The molecule has 1 heterocycles. The lowest BCUT2D eigenvalue weighted by molar-refractivity contribution is -0.136. The molecule has 0 spiro atoms. The molecule has 4 aromatic rings. The molecule has 182 valence electrons. The van der Waals surface area contributed by atoms with E-state index in [-0.39, 0.29) is 29.2 Å². The number of hydrogen-bond donors (Lipinski definition) is 1. The molecule has 0 amide bonds. The average molecular weight is 502 g/mol. The highest BCUT2D eigenvalue weighted by Gasteiger charge is 2.33. The van der Waals surface area contributed by atoms with Gasteiger partial charge in [-0.15, -0.1) is 0 Å². The van der Waals surface area contributed by atoms with E-state index in [9.17, 15) is 21.6 Å². The molecular formula is C26H22F3NO4S. The van der Waals surface area contributed by atoms with Gasteiger partial charge in [0.25, 0.3) is 0 Å². The van der Waals surface area contributed by atoms with Gasteiger partial charge in [0.1, 0.15) is 11.5 Å². The molecule has 0 saturated carbocycles. The van der Waals surface area contributed by atoms with Gasteiger partial charge in [0, 0.05) is 18.2 Å². The maximum atomic E-state index is 13.5. The average Bonchev–Trinajstić information content (AvgIpc) is 2.82. The molecule has 9 heteroatoms. The molecule has 1 N–H and O–H groups in total. The van der Waals surface area contributed by atoms with E-state index in [0.717, 1.165) is 6.07 Å². The van der Waals surface area contributed by atoms with Crippen LogP contribution in [0.2, 0.25) is 0 Å². The minimum atomic E-state index is -4.54. The van der Waals surface area contributed by atoms with Gasteiger partial charge in [-0.1, -0.05) is 30.3 Å². The SMILES string of the molecule is Cc1cnc2c(C(F)(F)F)cccc2c1-c1cccc(Oc2cccc(S(=O)(=O)CCCO)c2)c1. The van der Waals surface area contributed by atoms with Crippen molar-refractivity contribution in [2.24, 2.45) is 0 Å². The standard InChI is InChI=1S/C26H22F3NO4S/c1-17-16-30-25-22(10-4-11-23(25)26(27,28)29)24(17)18-6-2-7-19(14-18)34-20-8-3-9-21(15-20)35(32,33)13-5-12-31/h2-4,6-11,14-16,31H,5,12-13H2,1H3. The van der Waals surface area contributed by atoms with Crippen molar-refractivity contribution in [2.45, 2.75) is 24.4 Å². The van der Waals surface area contributed by atoms with Gasteiger partial charge in [0.05, 0.1) is 21.7 Å². The molecule has 0 aliphatic heterocycles. The number of alkyl halides is 3. The van der Waals surface area contributed by atoms with Crippen LogP contribution in [0, 0.1) is 6.92 Å². The number of hydrogen-bond acceptors (Lipinski definition) is 5. The van der Waals surface area contributed by atoms with Crippen LogP contribution in [0.4, 0.5) is 13.2 Å². The van der Waals surface area contributed by atoms with Crippen LogP contribution >= 0.6 is 0 Å². The molecule has 0 unspecified atom stereocenters. The van der Waals surface area contributed by atoms with Crippen molar-refractivity contribution >= 4 is 20.7 Å². The molecule has 0 aliphatic rings. The first-order valence-electron chi connectivity index (χ1n) is 10.8. The fourth-order valence-corrected chi connectivity index (χ4v) is 5.22. The van der Waals surface area contributed by atoms with Gasteiger partial charge in [0.2, 0.25) is 0 Å². The second kappa shape index (κ2) is 9.67. The first-order valence-corrected chi connectivity index (χ1v) is 12.4. The lowest BCUT2D eigenvalue weighted by atomic mass is 9.95. The number of sulfone groups is 1. The third-order valence-electron chi connectivity index (χ3n) is 5.49. The maximum absolute atomic E-state index is 13.5. The van der Waals surface area contributed by atoms with Gasteiger partial charge >= 0.3 is 6.18 Å².